The number of rotatable bonds is 2. The number of aryl methyl sites for hydroxylation is 1. The van der Waals surface area contributed by atoms with Crippen LogP contribution in [0.2, 0.25) is 0 Å². The first-order valence-corrected chi connectivity index (χ1v) is 6.58. The molecule has 1 aromatic rings. The van der Waals surface area contributed by atoms with Gasteiger partial charge in [-0.1, -0.05) is 0 Å². The van der Waals surface area contributed by atoms with Crippen molar-refractivity contribution in [1.29, 1.82) is 0 Å². The van der Waals surface area contributed by atoms with E-state index in [1.807, 2.05) is 6.92 Å². The van der Waals surface area contributed by atoms with Crippen molar-refractivity contribution in [3.8, 4) is 0 Å². The number of urea groups is 1. The van der Waals surface area contributed by atoms with E-state index < -0.39 is 5.97 Å². The highest BCUT2D eigenvalue weighted by Gasteiger charge is 2.22. The van der Waals surface area contributed by atoms with Gasteiger partial charge in [-0.05, 0) is 26.3 Å². The summed E-state index contributed by atoms with van der Waals surface area (Å²) >= 11 is 0. The Hall–Kier alpha value is -2.02. The number of H-pyrrole nitrogens is 1. The van der Waals surface area contributed by atoms with Crippen LogP contribution in [-0.2, 0) is 4.74 Å². The van der Waals surface area contributed by atoms with E-state index in [1.54, 1.807) is 17.9 Å². The minimum atomic E-state index is -1.10. The molecule has 0 spiro atoms. The molecule has 0 aromatic carbocycles. The van der Waals surface area contributed by atoms with Crippen LogP contribution in [0.15, 0.2) is 6.07 Å². The fraction of sp³-hybridized carbons (Fsp3) is 0.538. The first-order chi connectivity index (χ1) is 9.47. The van der Waals surface area contributed by atoms with Crippen molar-refractivity contribution in [2.75, 3.05) is 25.0 Å². The number of carboxylic acids is 1. The van der Waals surface area contributed by atoms with Gasteiger partial charge in [-0.3, -0.25) is 0 Å². The summed E-state index contributed by atoms with van der Waals surface area (Å²) in [7, 11) is 0. The van der Waals surface area contributed by atoms with Crippen LogP contribution in [0.5, 0.6) is 0 Å². The van der Waals surface area contributed by atoms with E-state index in [-0.39, 0.29) is 23.5 Å². The van der Waals surface area contributed by atoms with Crippen LogP contribution >= 0.6 is 0 Å². The van der Waals surface area contributed by atoms with Crippen molar-refractivity contribution in [2.24, 2.45) is 0 Å². The maximum atomic E-state index is 12.2. The molecule has 20 heavy (non-hydrogen) atoms. The van der Waals surface area contributed by atoms with Gasteiger partial charge in [-0.2, -0.15) is 0 Å². The van der Waals surface area contributed by atoms with Gasteiger partial charge in [0.2, 0.25) is 0 Å². The molecule has 7 nitrogen and oxygen atoms in total. The second-order valence-electron chi connectivity index (χ2n) is 4.96. The Balaban J connectivity index is 2.09. The predicted octanol–water partition coefficient (Wildman–Crippen LogP) is 1.66. The van der Waals surface area contributed by atoms with Gasteiger partial charge in [0.15, 0.2) is 0 Å². The molecule has 0 aliphatic carbocycles. The first-order valence-electron chi connectivity index (χ1n) is 6.58. The molecule has 2 amide bonds. The van der Waals surface area contributed by atoms with Gasteiger partial charge in [0, 0.05) is 25.4 Å². The number of carbonyl (C=O) groups is 2. The van der Waals surface area contributed by atoms with Gasteiger partial charge in [0.1, 0.15) is 5.69 Å². The molecule has 1 fully saturated rings. The number of nitrogens with zero attached hydrogens (tertiary/aromatic N) is 1. The molecule has 1 aromatic heterocycles. The minimum Gasteiger partial charge on any atom is -0.477 e. The summed E-state index contributed by atoms with van der Waals surface area (Å²) in [6.45, 7) is 5.38. The monoisotopic (exact) mass is 281 g/mol. The van der Waals surface area contributed by atoms with Gasteiger partial charge < -0.3 is 25.0 Å². The smallest absolute Gasteiger partial charge is 0.354 e. The molecule has 0 radical (unpaired) electrons. The van der Waals surface area contributed by atoms with E-state index in [0.717, 1.165) is 6.42 Å². The lowest BCUT2D eigenvalue weighted by Gasteiger charge is -2.22. The summed E-state index contributed by atoms with van der Waals surface area (Å²) in [6, 6.07) is 1.31. The molecular formula is C13H19N3O4. The standard InChI is InChI=1S/C13H19N3O4/c1-8-6-10(11(14-8)12(17)18)15-13(19)16-4-3-5-20-9(2)7-16/h6,9,14H,3-5,7H2,1-2H3,(H,15,19)(H,17,18). The zero-order valence-corrected chi connectivity index (χ0v) is 11.6. The Morgan fingerprint density at radius 2 is 2.30 bits per heavy atom. The SMILES string of the molecule is Cc1cc(NC(=O)N2CCCOC(C)C2)c(C(=O)O)[nH]1. The average Bonchev–Trinajstić information content (AvgIpc) is 2.59. The lowest BCUT2D eigenvalue weighted by Crippen LogP contribution is -2.39. The van der Waals surface area contributed by atoms with Crippen molar-refractivity contribution >= 4 is 17.7 Å². The molecule has 1 aliphatic rings. The highest BCUT2D eigenvalue weighted by Crippen LogP contribution is 2.18. The van der Waals surface area contributed by atoms with Crippen molar-refractivity contribution < 1.29 is 19.4 Å². The second-order valence-corrected chi connectivity index (χ2v) is 4.96. The van der Waals surface area contributed by atoms with Gasteiger partial charge in [-0.15, -0.1) is 0 Å². The number of aromatic nitrogens is 1. The van der Waals surface area contributed by atoms with Crippen LogP contribution in [0.4, 0.5) is 10.5 Å². The molecule has 0 saturated carbocycles. The molecule has 1 atom stereocenters. The number of amides is 2. The van der Waals surface area contributed by atoms with Gasteiger partial charge in [-0.25, -0.2) is 9.59 Å². The summed E-state index contributed by atoms with van der Waals surface area (Å²) in [5.41, 5.74) is 0.970. The number of carboxylic acid groups (broad SMARTS) is 1. The third kappa shape index (κ3) is 3.30. The molecule has 1 saturated heterocycles. The number of carbonyl (C=O) groups excluding carboxylic acids is 1. The summed E-state index contributed by atoms with van der Waals surface area (Å²) in [6.07, 6.45) is 0.755. The number of hydrogen-bond acceptors (Lipinski definition) is 3. The maximum Gasteiger partial charge on any atom is 0.354 e. The fourth-order valence-corrected chi connectivity index (χ4v) is 2.23. The molecule has 1 unspecified atom stereocenters. The normalized spacial score (nSPS) is 19.5. The molecule has 7 heteroatoms. The quantitative estimate of drug-likeness (QED) is 0.768. The van der Waals surface area contributed by atoms with E-state index in [1.165, 1.54) is 0 Å². The topological polar surface area (TPSA) is 94.7 Å². The predicted molar refractivity (Wildman–Crippen MR) is 73.1 cm³/mol. The molecule has 2 heterocycles. The first kappa shape index (κ1) is 14.4. The Morgan fingerprint density at radius 1 is 1.55 bits per heavy atom. The zero-order valence-electron chi connectivity index (χ0n) is 11.6. The number of aromatic carboxylic acids is 1. The van der Waals surface area contributed by atoms with E-state index >= 15 is 0 Å². The summed E-state index contributed by atoms with van der Waals surface area (Å²) in [4.78, 5) is 27.6. The Bertz CT molecular complexity index is 512. The average molecular weight is 281 g/mol. The van der Waals surface area contributed by atoms with Gasteiger partial charge >= 0.3 is 12.0 Å². The van der Waals surface area contributed by atoms with E-state index in [4.69, 9.17) is 9.84 Å². The van der Waals surface area contributed by atoms with Gasteiger partial charge in [0.25, 0.3) is 0 Å². The second kappa shape index (κ2) is 5.96. The fourth-order valence-electron chi connectivity index (χ4n) is 2.23. The van der Waals surface area contributed by atoms with Crippen molar-refractivity contribution in [2.45, 2.75) is 26.4 Å². The van der Waals surface area contributed by atoms with Crippen LogP contribution < -0.4 is 5.32 Å². The molecule has 3 N–H and O–H groups in total. The Kier molecular flexibility index (Phi) is 4.29. The zero-order chi connectivity index (χ0) is 14.7. The van der Waals surface area contributed by atoms with Crippen molar-refractivity contribution in [3.63, 3.8) is 0 Å². The lowest BCUT2D eigenvalue weighted by atomic mass is 10.3. The van der Waals surface area contributed by atoms with Crippen LogP contribution in [0.1, 0.15) is 29.5 Å². The van der Waals surface area contributed by atoms with Crippen LogP contribution in [0.3, 0.4) is 0 Å². The molecular weight excluding hydrogens is 262 g/mol. The number of hydrogen-bond donors (Lipinski definition) is 3. The number of nitrogens with one attached hydrogen (secondary N) is 2. The van der Waals surface area contributed by atoms with Gasteiger partial charge in [0.05, 0.1) is 11.8 Å². The number of anilines is 1. The molecule has 2 rings (SSSR count). The Labute approximate surface area is 116 Å². The molecule has 1 aliphatic heterocycles. The maximum absolute atomic E-state index is 12.2. The summed E-state index contributed by atoms with van der Waals surface area (Å²) < 4.78 is 5.48. The lowest BCUT2D eigenvalue weighted by molar-refractivity contribution is 0.0691. The highest BCUT2D eigenvalue weighted by atomic mass is 16.5. The Morgan fingerprint density at radius 3 is 3.00 bits per heavy atom. The van der Waals surface area contributed by atoms with E-state index in [2.05, 4.69) is 10.3 Å². The van der Waals surface area contributed by atoms with Crippen molar-refractivity contribution in [1.82, 2.24) is 9.88 Å². The number of aromatic amines is 1. The summed E-state index contributed by atoms with van der Waals surface area (Å²) in [5.74, 6) is -1.10. The van der Waals surface area contributed by atoms with Crippen LogP contribution in [0, 0.1) is 6.92 Å². The summed E-state index contributed by atoms with van der Waals surface area (Å²) in [5, 5.41) is 11.7. The number of ether oxygens (including phenoxy) is 1. The highest BCUT2D eigenvalue weighted by molar-refractivity contribution is 5.99. The van der Waals surface area contributed by atoms with Crippen molar-refractivity contribution in [3.05, 3.63) is 17.5 Å². The third-order valence-corrected chi connectivity index (χ3v) is 3.15. The van der Waals surface area contributed by atoms with Crippen LogP contribution in [-0.4, -0.2) is 52.8 Å². The largest absolute Gasteiger partial charge is 0.477 e. The minimum absolute atomic E-state index is 0.00466. The van der Waals surface area contributed by atoms with E-state index in [9.17, 15) is 9.59 Å². The third-order valence-electron chi connectivity index (χ3n) is 3.15. The molecule has 0 bridgehead atoms. The van der Waals surface area contributed by atoms with E-state index in [0.29, 0.717) is 25.4 Å². The molecule has 110 valence electrons. The van der Waals surface area contributed by atoms with Crippen LogP contribution in [0.25, 0.3) is 0 Å².